The molecular weight excluding hydrogens is 424 g/mol. The van der Waals surface area contributed by atoms with Crippen molar-refractivity contribution in [1.82, 2.24) is 19.3 Å². The summed E-state index contributed by atoms with van der Waals surface area (Å²) in [6.45, 7) is 0.510. The predicted molar refractivity (Wildman–Crippen MR) is 130 cm³/mol. The number of carbonyl (C=O) groups excluding carboxylic acids is 1. The largest absolute Gasteiger partial charge is 0.385 e. The van der Waals surface area contributed by atoms with Gasteiger partial charge in [0.15, 0.2) is 11.5 Å². The number of nitrogens with zero attached hydrogens (tertiary/aromatic N) is 4. The first kappa shape index (κ1) is 21.1. The normalized spacial score (nSPS) is 24.7. The summed E-state index contributed by atoms with van der Waals surface area (Å²) >= 11 is 0. The lowest BCUT2D eigenvalue weighted by Crippen LogP contribution is -2.59. The molecule has 1 aromatic carbocycles. The summed E-state index contributed by atoms with van der Waals surface area (Å²) in [4.78, 5) is 25.3. The van der Waals surface area contributed by atoms with Crippen LogP contribution in [0.25, 0.3) is 17.0 Å². The van der Waals surface area contributed by atoms with Crippen molar-refractivity contribution in [2.45, 2.75) is 43.7 Å². The van der Waals surface area contributed by atoms with Crippen LogP contribution in [-0.4, -0.2) is 42.9 Å². The zero-order valence-electron chi connectivity index (χ0n) is 19.0. The molecule has 6 nitrogen and oxygen atoms in total. The fourth-order valence-electron chi connectivity index (χ4n) is 6.03. The Morgan fingerprint density at radius 2 is 1.76 bits per heavy atom. The summed E-state index contributed by atoms with van der Waals surface area (Å²) in [5.74, 6) is 0.626. The van der Waals surface area contributed by atoms with Crippen molar-refractivity contribution in [3.63, 3.8) is 0 Å². The van der Waals surface area contributed by atoms with E-state index in [0.717, 1.165) is 42.5 Å². The van der Waals surface area contributed by atoms with Crippen molar-refractivity contribution < 1.29 is 9.90 Å². The van der Waals surface area contributed by atoms with Gasteiger partial charge in [-0.1, -0.05) is 55.3 Å². The number of amides is 1. The topological polar surface area (TPSA) is 70.7 Å². The van der Waals surface area contributed by atoms with Gasteiger partial charge in [0, 0.05) is 30.9 Å². The van der Waals surface area contributed by atoms with Gasteiger partial charge >= 0.3 is 0 Å². The number of fused-ring (bicyclic) bond motifs is 2. The Kier molecular flexibility index (Phi) is 5.18. The maximum Gasteiger partial charge on any atom is 0.274 e. The Morgan fingerprint density at radius 3 is 2.59 bits per heavy atom. The number of piperidine rings is 1. The van der Waals surface area contributed by atoms with Gasteiger partial charge in [0.25, 0.3) is 5.91 Å². The summed E-state index contributed by atoms with van der Waals surface area (Å²) in [6, 6.07) is 21.5. The maximum atomic E-state index is 14.0. The van der Waals surface area contributed by atoms with Gasteiger partial charge in [-0.3, -0.25) is 14.2 Å². The number of likely N-dealkylation sites (tertiary alicyclic amines) is 1. The molecule has 1 amide bonds. The van der Waals surface area contributed by atoms with E-state index in [4.69, 9.17) is 4.98 Å². The lowest BCUT2D eigenvalue weighted by atomic mass is 9.66. The van der Waals surface area contributed by atoms with Crippen LogP contribution in [0.4, 0.5) is 0 Å². The highest BCUT2D eigenvalue weighted by atomic mass is 16.3. The van der Waals surface area contributed by atoms with E-state index in [9.17, 15) is 9.90 Å². The SMILES string of the molecule is O=C(c1nc(-c2ccccn2)n2ccccc12)N1CCC(O)(c2ccccc2)C2CCCCC21. The van der Waals surface area contributed by atoms with Gasteiger partial charge in [-0.05, 0) is 49.1 Å². The van der Waals surface area contributed by atoms with Crippen molar-refractivity contribution in [1.29, 1.82) is 0 Å². The van der Waals surface area contributed by atoms with Crippen LogP contribution in [0.3, 0.4) is 0 Å². The van der Waals surface area contributed by atoms with E-state index < -0.39 is 5.60 Å². The van der Waals surface area contributed by atoms with E-state index in [1.54, 1.807) is 6.20 Å². The summed E-state index contributed by atoms with van der Waals surface area (Å²) in [7, 11) is 0. The monoisotopic (exact) mass is 452 g/mol. The molecule has 0 spiro atoms. The van der Waals surface area contributed by atoms with Crippen molar-refractivity contribution >= 4 is 11.4 Å². The van der Waals surface area contributed by atoms with Gasteiger partial charge in [-0.2, -0.15) is 0 Å². The van der Waals surface area contributed by atoms with E-state index >= 15 is 0 Å². The number of hydrogen-bond acceptors (Lipinski definition) is 4. The molecule has 172 valence electrons. The van der Waals surface area contributed by atoms with E-state index in [1.807, 2.05) is 82.2 Å². The third-order valence-corrected chi connectivity index (χ3v) is 7.66. The highest BCUT2D eigenvalue weighted by molar-refractivity contribution is 6.00. The molecule has 1 aliphatic heterocycles. The van der Waals surface area contributed by atoms with Crippen molar-refractivity contribution in [2.75, 3.05) is 6.54 Å². The number of benzene rings is 1. The quantitative estimate of drug-likeness (QED) is 0.490. The Balaban J connectivity index is 1.39. The summed E-state index contributed by atoms with van der Waals surface area (Å²) in [5, 5.41) is 11.9. The van der Waals surface area contributed by atoms with Gasteiger partial charge in [-0.15, -0.1) is 0 Å². The van der Waals surface area contributed by atoms with Gasteiger partial charge in [0.1, 0.15) is 5.69 Å². The lowest BCUT2D eigenvalue weighted by molar-refractivity contribution is -0.110. The Hall–Kier alpha value is -3.51. The average Bonchev–Trinajstić information content (AvgIpc) is 3.30. The van der Waals surface area contributed by atoms with E-state index in [1.165, 1.54) is 0 Å². The minimum Gasteiger partial charge on any atom is -0.385 e. The average molecular weight is 453 g/mol. The van der Waals surface area contributed by atoms with Crippen molar-refractivity contribution in [3.8, 4) is 11.5 Å². The molecule has 2 aliphatic rings. The predicted octanol–water partition coefficient (Wildman–Crippen LogP) is 4.69. The molecule has 0 radical (unpaired) electrons. The fourth-order valence-corrected chi connectivity index (χ4v) is 6.03. The second-order valence-corrected chi connectivity index (χ2v) is 9.45. The van der Waals surface area contributed by atoms with Crippen LogP contribution in [0, 0.1) is 5.92 Å². The molecule has 1 saturated carbocycles. The van der Waals surface area contributed by atoms with E-state index in [2.05, 4.69) is 4.98 Å². The highest BCUT2D eigenvalue weighted by Gasteiger charge is 2.50. The molecule has 3 unspecified atom stereocenters. The molecule has 6 heteroatoms. The summed E-state index contributed by atoms with van der Waals surface area (Å²) in [5.41, 5.74) is 2.03. The van der Waals surface area contributed by atoms with E-state index in [-0.39, 0.29) is 17.9 Å². The molecule has 3 aromatic heterocycles. The second-order valence-electron chi connectivity index (χ2n) is 9.45. The fraction of sp³-hybridized carbons (Fsp3) is 0.321. The van der Waals surface area contributed by atoms with Gasteiger partial charge in [-0.25, -0.2) is 4.98 Å². The molecule has 2 fully saturated rings. The zero-order chi connectivity index (χ0) is 23.1. The van der Waals surface area contributed by atoms with Crippen LogP contribution in [0.5, 0.6) is 0 Å². The van der Waals surface area contributed by atoms with Crippen LogP contribution >= 0.6 is 0 Å². The van der Waals surface area contributed by atoms with Gasteiger partial charge < -0.3 is 10.0 Å². The molecule has 6 rings (SSSR count). The molecule has 3 atom stereocenters. The maximum absolute atomic E-state index is 14.0. The third-order valence-electron chi connectivity index (χ3n) is 7.66. The standard InChI is InChI=1S/C28H28N4O2/c33-27(25-24-15-7-9-18-31(24)26(30-25)22-13-6-8-17-29-22)32-19-16-28(34,20-10-2-1-3-11-20)21-12-4-5-14-23(21)32/h1-3,6-11,13,15,17-18,21,23,34H,4-5,12,14,16,19H2. The Morgan fingerprint density at radius 1 is 0.971 bits per heavy atom. The summed E-state index contributed by atoms with van der Waals surface area (Å²) in [6.07, 6.45) is 8.17. The Labute approximate surface area is 198 Å². The highest BCUT2D eigenvalue weighted by Crippen LogP contribution is 2.47. The van der Waals surface area contributed by atoms with Crippen molar-refractivity contribution in [3.05, 3.63) is 90.4 Å². The van der Waals surface area contributed by atoms with Crippen LogP contribution in [0.1, 0.15) is 48.2 Å². The minimum absolute atomic E-state index is 0.000955. The van der Waals surface area contributed by atoms with Crippen molar-refractivity contribution in [2.24, 2.45) is 5.92 Å². The molecule has 34 heavy (non-hydrogen) atoms. The first-order chi connectivity index (χ1) is 16.7. The first-order valence-corrected chi connectivity index (χ1v) is 12.1. The van der Waals surface area contributed by atoms with Crippen LogP contribution in [-0.2, 0) is 5.60 Å². The zero-order valence-corrected chi connectivity index (χ0v) is 19.0. The number of rotatable bonds is 3. The second kappa shape index (κ2) is 8.37. The molecule has 4 heterocycles. The van der Waals surface area contributed by atoms with Crippen LogP contribution < -0.4 is 0 Å². The minimum atomic E-state index is -0.904. The molecule has 1 saturated heterocycles. The van der Waals surface area contributed by atoms with Crippen LogP contribution in [0.2, 0.25) is 0 Å². The number of carbonyl (C=O) groups is 1. The number of aliphatic hydroxyl groups is 1. The third kappa shape index (κ3) is 3.32. The molecule has 1 aliphatic carbocycles. The molecule has 4 aromatic rings. The smallest absolute Gasteiger partial charge is 0.274 e. The molecule has 0 bridgehead atoms. The number of pyridine rings is 2. The van der Waals surface area contributed by atoms with Crippen LogP contribution in [0.15, 0.2) is 79.1 Å². The number of hydrogen-bond donors (Lipinski definition) is 1. The van der Waals surface area contributed by atoms with Gasteiger partial charge in [0.2, 0.25) is 0 Å². The van der Waals surface area contributed by atoms with E-state index in [0.29, 0.717) is 24.5 Å². The molecule has 1 N–H and O–H groups in total. The number of aromatic nitrogens is 3. The Bertz CT molecular complexity index is 1320. The number of imidazole rings is 1. The lowest BCUT2D eigenvalue weighted by Gasteiger charge is -2.52. The van der Waals surface area contributed by atoms with Gasteiger partial charge in [0.05, 0.1) is 11.1 Å². The molecular formula is C28H28N4O2. The first-order valence-electron chi connectivity index (χ1n) is 12.1. The summed E-state index contributed by atoms with van der Waals surface area (Å²) < 4.78 is 1.94.